The molecule has 3 amide bonds. The molecule has 1 aromatic rings. The Balaban J connectivity index is 2.31. The van der Waals surface area contributed by atoms with Gasteiger partial charge in [-0.05, 0) is 25.5 Å². The van der Waals surface area contributed by atoms with Crippen molar-refractivity contribution in [3.63, 3.8) is 0 Å². The van der Waals surface area contributed by atoms with Gasteiger partial charge in [-0.15, -0.1) is 0 Å². The predicted molar refractivity (Wildman–Crippen MR) is 71.6 cm³/mol. The quantitative estimate of drug-likeness (QED) is 0.820. The van der Waals surface area contributed by atoms with Crippen molar-refractivity contribution < 1.29 is 19.5 Å². The van der Waals surface area contributed by atoms with Crippen molar-refractivity contribution in [2.45, 2.75) is 32.4 Å². The lowest BCUT2D eigenvalue weighted by Crippen LogP contribution is -2.51. The molecular weight excluding hydrogens is 260 g/mol. The molecule has 0 aliphatic carbocycles. The minimum atomic E-state index is -1.17. The molecule has 0 fully saturated rings. The molecule has 0 bridgehead atoms. The highest BCUT2D eigenvalue weighted by molar-refractivity contribution is 6.21. The molecule has 6 nitrogen and oxygen atoms in total. The second-order valence-corrected chi connectivity index (χ2v) is 4.74. The van der Waals surface area contributed by atoms with Crippen LogP contribution in [-0.2, 0) is 0 Å². The molecule has 6 heteroatoms. The standard InChI is InChI=1S/C14H16N2O4/c1-3-11(8(2)15-14(19)20)16-12(17)9-6-4-5-7-10(9)13(16)18/h4-8,11,15H,3H2,1-2H3,(H,19,20)/t8-,11+/m0/s1. The van der Waals surface area contributed by atoms with Crippen molar-refractivity contribution in [1.82, 2.24) is 10.2 Å². The van der Waals surface area contributed by atoms with Gasteiger partial charge in [0.05, 0.1) is 23.2 Å². The topological polar surface area (TPSA) is 86.7 Å². The number of amides is 3. The van der Waals surface area contributed by atoms with Gasteiger partial charge in [0.2, 0.25) is 0 Å². The Hall–Kier alpha value is -2.37. The van der Waals surface area contributed by atoms with Gasteiger partial charge in [-0.2, -0.15) is 0 Å². The van der Waals surface area contributed by atoms with E-state index < -0.39 is 18.2 Å². The lowest BCUT2D eigenvalue weighted by molar-refractivity contribution is 0.0545. The van der Waals surface area contributed by atoms with Crippen molar-refractivity contribution >= 4 is 17.9 Å². The Kier molecular flexibility index (Phi) is 3.74. The monoisotopic (exact) mass is 276 g/mol. The van der Waals surface area contributed by atoms with Crippen LogP contribution in [0.15, 0.2) is 24.3 Å². The summed E-state index contributed by atoms with van der Waals surface area (Å²) >= 11 is 0. The molecule has 2 N–H and O–H groups in total. The van der Waals surface area contributed by atoms with E-state index in [-0.39, 0.29) is 11.8 Å². The summed E-state index contributed by atoms with van der Waals surface area (Å²) in [7, 11) is 0. The second-order valence-electron chi connectivity index (χ2n) is 4.74. The number of hydrogen-bond donors (Lipinski definition) is 2. The normalized spacial score (nSPS) is 16.8. The Labute approximate surface area is 116 Å². The summed E-state index contributed by atoms with van der Waals surface area (Å²) in [6.45, 7) is 3.46. The van der Waals surface area contributed by atoms with Crippen LogP contribution < -0.4 is 5.32 Å². The van der Waals surface area contributed by atoms with E-state index in [4.69, 9.17) is 5.11 Å². The maximum absolute atomic E-state index is 12.3. The molecule has 0 saturated carbocycles. The van der Waals surface area contributed by atoms with Crippen LogP contribution in [0.25, 0.3) is 0 Å². The van der Waals surface area contributed by atoms with Crippen LogP contribution in [0.4, 0.5) is 4.79 Å². The summed E-state index contributed by atoms with van der Waals surface area (Å²) in [4.78, 5) is 36.5. The second kappa shape index (κ2) is 5.32. The van der Waals surface area contributed by atoms with Gasteiger partial charge in [0.25, 0.3) is 11.8 Å². The fourth-order valence-electron chi connectivity index (χ4n) is 2.56. The molecule has 20 heavy (non-hydrogen) atoms. The zero-order valence-corrected chi connectivity index (χ0v) is 11.3. The number of benzene rings is 1. The summed E-state index contributed by atoms with van der Waals surface area (Å²) in [5.74, 6) is -0.729. The van der Waals surface area contributed by atoms with E-state index in [0.29, 0.717) is 17.5 Å². The van der Waals surface area contributed by atoms with E-state index in [0.717, 1.165) is 4.90 Å². The van der Waals surface area contributed by atoms with Gasteiger partial charge < -0.3 is 10.4 Å². The molecule has 0 aromatic heterocycles. The number of nitrogens with zero attached hydrogens (tertiary/aromatic N) is 1. The van der Waals surface area contributed by atoms with E-state index in [1.165, 1.54) is 0 Å². The van der Waals surface area contributed by atoms with Crippen LogP contribution in [0, 0.1) is 0 Å². The summed E-state index contributed by atoms with van der Waals surface area (Å²) in [5.41, 5.74) is 0.747. The number of carbonyl (C=O) groups excluding carboxylic acids is 2. The van der Waals surface area contributed by atoms with Crippen LogP contribution in [-0.4, -0.2) is 40.0 Å². The summed E-state index contributed by atoms with van der Waals surface area (Å²) in [6, 6.07) is 5.59. The molecule has 0 spiro atoms. The van der Waals surface area contributed by atoms with Gasteiger partial charge in [0.15, 0.2) is 0 Å². The average molecular weight is 276 g/mol. The number of hydrogen-bond acceptors (Lipinski definition) is 3. The van der Waals surface area contributed by atoms with E-state index in [1.807, 2.05) is 6.92 Å². The van der Waals surface area contributed by atoms with Crippen molar-refractivity contribution in [3.8, 4) is 0 Å². The van der Waals surface area contributed by atoms with Crippen LogP contribution in [0.2, 0.25) is 0 Å². The smallest absolute Gasteiger partial charge is 0.404 e. The fourth-order valence-corrected chi connectivity index (χ4v) is 2.56. The van der Waals surface area contributed by atoms with Gasteiger partial charge in [-0.3, -0.25) is 14.5 Å². The van der Waals surface area contributed by atoms with Gasteiger partial charge >= 0.3 is 6.09 Å². The number of carboxylic acid groups (broad SMARTS) is 1. The fraction of sp³-hybridized carbons (Fsp3) is 0.357. The number of carbonyl (C=O) groups is 3. The van der Waals surface area contributed by atoms with Crippen LogP contribution in [0.3, 0.4) is 0 Å². The number of rotatable bonds is 4. The zero-order chi connectivity index (χ0) is 14.9. The van der Waals surface area contributed by atoms with Gasteiger partial charge in [-0.1, -0.05) is 19.1 Å². The largest absolute Gasteiger partial charge is 0.465 e. The molecule has 2 atom stereocenters. The van der Waals surface area contributed by atoms with Crippen LogP contribution >= 0.6 is 0 Å². The molecule has 0 unspecified atom stereocenters. The lowest BCUT2D eigenvalue weighted by atomic mass is 10.1. The predicted octanol–water partition coefficient (Wildman–Crippen LogP) is 1.72. The SMILES string of the molecule is CC[C@H]([C@H](C)NC(=O)O)N1C(=O)c2ccccc2C1=O. The van der Waals surface area contributed by atoms with E-state index >= 15 is 0 Å². The Bertz CT molecular complexity index is 535. The molecule has 0 radical (unpaired) electrons. The van der Waals surface area contributed by atoms with Crippen molar-refractivity contribution in [3.05, 3.63) is 35.4 Å². The lowest BCUT2D eigenvalue weighted by Gasteiger charge is -2.30. The third kappa shape index (κ3) is 2.24. The molecule has 106 valence electrons. The Morgan fingerprint density at radius 3 is 2.15 bits per heavy atom. The minimum absolute atomic E-state index is 0.364. The summed E-state index contributed by atoms with van der Waals surface area (Å²) in [6.07, 6.45) is -0.694. The third-order valence-corrected chi connectivity index (χ3v) is 3.50. The molecule has 1 heterocycles. The van der Waals surface area contributed by atoms with E-state index in [2.05, 4.69) is 5.32 Å². The number of fused-ring (bicyclic) bond motifs is 1. The Morgan fingerprint density at radius 1 is 1.25 bits per heavy atom. The first kappa shape index (κ1) is 14.0. The summed E-state index contributed by atoms with van der Waals surface area (Å²) in [5, 5.41) is 11.1. The third-order valence-electron chi connectivity index (χ3n) is 3.50. The zero-order valence-electron chi connectivity index (χ0n) is 11.3. The summed E-state index contributed by atoms with van der Waals surface area (Å²) < 4.78 is 0. The van der Waals surface area contributed by atoms with Crippen molar-refractivity contribution in [1.29, 1.82) is 0 Å². The molecular formula is C14H16N2O4. The first-order valence-corrected chi connectivity index (χ1v) is 6.43. The maximum atomic E-state index is 12.3. The van der Waals surface area contributed by atoms with Gasteiger partial charge in [0, 0.05) is 0 Å². The molecule has 1 aromatic carbocycles. The molecule has 2 rings (SSSR count). The average Bonchev–Trinajstić information content (AvgIpc) is 2.65. The highest BCUT2D eigenvalue weighted by Crippen LogP contribution is 2.26. The molecule has 0 saturated heterocycles. The van der Waals surface area contributed by atoms with Gasteiger partial charge in [-0.25, -0.2) is 4.79 Å². The van der Waals surface area contributed by atoms with Gasteiger partial charge in [0.1, 0.15) is 0 Å². The number of nitrogens with one attached hydrogen (secondary N) is 1. The van der Waals surface area contributed by atoms with Crippen LogP contribution in [0.1, 0.15) is 41.0 Å². The molecule has 1 aliphatic rings. The molecule has 1 aliphatic heterocycles. The van der Waals surface area contributed by atoms with Crippen molar-refractivity contribution in [2.75, 3.05) is 0 Å². The minimum Gasteiger partial charge on any atom is -0.465 e. The first-order chi connectivity index (χ1) is 9.47. The van der Waals surface area contributed by atoms with Crippen LogP contribution in [0.5, 0.6) is 0 Å². The van der Waals surface area contributed by atoms with E-state index in [9.17, 15) is 14.4 Å². The van der Waals surface area contributed by atoms with Crippen molar-refractivity contribution in [2.24, 2.45) is 0 Å². The highest BCUT2D eigenvalue weighted by Gasteiger charge is 2.41. The highest BCUT2D eigenvalue weighted by atomic mass is 16.4. The maximum Gasteiger partial charge on any atom is 0.404 e. The van der Waals surface area contributed by atoms with E-state index in [1.54, 1.807) is 31.2 Å². The Morgan fingerprint density at radius 2 is 1.75 bits per heavy atom. The first-order valence-electron chi connectivity index (χ1n) is 6.43. The number of imide groups is 1.